The van der Waals surface area contributed by atoms with Crippen LogP contribution >= 0.6 is 0 Å². The summed E-state index contributed by atoms with van der Waals surface area (Å²) in [5, 5.41) is 5.86. The fourth-order valence-electron chi connectivity index (χ4n) is 2.58. The van der Waals surface area contributed by atoms with Crippen LogP contribution in [0, 0.1) is 5.82 Å². The van der Waals surface area contributed by atoms with E-state index in [-0.39, 0.29) is 17.9 Å². The highest BCUT2D eigenvalue weighted by atomic mass is 19.1. The lowest BCUT2D eigenvalue weighted by Gasteiger charge is -2.18. The molecule has 2 aromatic carbocycles. The van der Waals surface area contributed by atoms with Gasteiger partial charge in [0, 0.05) is 5.69 Å². The number of para-hydroxylation sites is 1. The van der Waals surface area contributed by atoms with Gasteiger partial charge in [0.05, 0.1) is 6.04 Å². The van der Waals surface area contributed by atoms with Crippen molar-refractivity contribution in [2.75, 3.05) is 5.32 Å². The Balaban J connectivity index is 2.09. The van der Waals surface area contributed by atoms with Crippen molar-refractivity contribution < 1.29 is 9.18 Å². The van der Waals surface area contributed by atoms with Crippen LogP contribution in [0.1, 0.15) is 43.5 Å². The van der Waals surface area contributed by atoms with E-state index in [1.807, 2.05) is 25.1 Å². The number of halogens is 1. The molecule has 1 unspecified atom stereocenters. The summed E-state index contributed by atoms with van der Waals surface area (Å²) in [5.74, 6) is -0.283. The lowest BCUT2D eigenvalue weighted by Crippen LogP contribution is -2.31. The molecule has 0 radical (unpaired) electrons. The standard InChI is InChI=1S/C19H23FN2O/c1-4-14-7-6-8-15(5-2)18(14)22-19(23)21-13(3)16-9-11-17(20)12-10-16/h6-13H,4-5H2,1-3H3,(H2,21,22,23). The van der Waals surface area contributed by atoms with Crippen LogP contribution in [0.2, 0.25) is 0 Å². The van der Waals surface area contributed by atoms with E-state index in [1.165, 1.54) is 12.1 Å². The van der Waals surface area contributed by atoms with E-state index in [0.29, 0.717) is 0 Å². The largest absolute Gasteiger partial charge is 0.331 e. The Morgan fingerprint density at radius 3 is 2.13 bits per heavy atom. The van der Waals surface area contributed by atoms with E-state index >= 15 is 0 Å². The van der Waals surface area contributed by atoms with E-state index in [1.54, 1.807) is 12.1 Å². The molecule has 2 N–H and O–H groups in total. The zero-order chi connectivity index (χ0) is 16.8. The zero-order valence-electron chi connectivity index (χ0n) is 13.8. The molecule has 0 aliphatic rings. The fraction of sp³-hybridized carbons (Fsp3) is 0.316. The van der Waals surface area contributed by atoms with Crippen molar-refractivity contribution in [1.82, 2.24) is 5.32 Å². The van der Waals surface area contributed by atoms with Crippen LogP contribution in [0.4, 0.5) is 14.9 Å². The van der Waals surface area contributed by atoms with Gasteiger partial charge in [-0.2, -0.15) is 0 Å². The van der Waals surface area contributed by atoms with Crippen LogP contribution < -0.4 is 10.6 Å². The van der Waals surface area contributed by atoms with Gasteiger partial charge in [-0.1, -0.05) is 44.2 Å². The second-order valence-corrected chi connectivity index (χ2v) is 5.53. The molecule has 1 atom stereocenters. The Morgan fingerprint density at radius 2 is 1.61 bits per heavy atom. The lowest BCUT2D eigenvalue weighted by atomic mass is 10.0. The maximum atomic E-state index is 13.0. The maximum absolute atomic E-state index is 13.0. The summed E-state index contributed by atoms with van der Waals surface area (Å²) in [6, 6.07) is 11.8. The molecule has 0 spiro atoms. The minimum absolute atomic E-state index is 0.200. The average molecular weight is 314 g/mol. The third-order valence-electron chi connectivity index (χ3n) is 3.95. The minimum Gasteiger partial charge on any atom is -0.331 e. The van der Waals surface area contributed by atoms with Crippen molar-refractivity contribution in [1.29, 1.82) is 0 Å². The predicted molar refractivity (Wildman–Crippen MR) is 92.2 cm³/mol. The fourth-order valence-corrected chi connectivity index (χ4v) is 2.58. The second kappa shape index (κ2) is 7.77. The number of amides is 2. The molecule has 3 nitrogen and oxygen atoms in total. The molecule has 0 saturated carbocycles. The monoisotopic (exact) mass is 314 g/mol. The summed E-state index contributed by atoms with van der Waals surface area (Å²) in [6.07, 6.45) is 1.72. The molecule has 2 amide bonds. The van der Waals surface area contributed by atoms with Crippen molar-refractivity contribution in [3.63, 3.8) is 0 Å². The number of carbonyl (C=O) groups excluding carboxylic acids is 1. The highest BCUT2D eigenvalue weighted by Crippen LogP contribution is 2.23. The number of aryl methyl sites for hydroxylation is 2. The van der Waals surface area contributed by atoms with Gasteiger partial charge in [-0.15, -0.1) is 0 Å². The first-order chi connectivity index (χ1) is 11.0. The number of urea groups is 1. The lowest BCUT2D eigenvalue weighted by molar-refractivity contribution is 0.249. The molecule has 0 fully saturated rings. The summed E-state index contributed by atoms with van der Waals surface area (Å²) in [7, 11) is 0. The molecule has 0 saturated heterocycles. The zero-order valence-corrected chi connectivity index (χ0v) is 13.8. The van der Waals surface area contributed by atoms with Crippen molar-refractivity contribution in [3.8, 4) is 0 Å². The molecular weight excluding hydrogens is 291 g/mol. The summed E-state index contributed by atoms with van der Waals surface area (Å²) in [4.78, 5) is 12.3. The number of nitrogens with one attached hydrogen (secondary N) is 2. The number of anilines is 1. The number of hydrogen-bond acceptors (Lipinski definition) is 1. The van der Waals surface area contributed by atoms with E-state index in [4.69, 9.17) is 0 Å². The quantitative estimate of drug-likeness (QED) is 0.815. The van der Waals surface area contributed by atoms with Crippen molar-refractivity contribution in [2.24, 2.45) is 0 Å². The van der Waals surface area contributed by atoms with E-state index in [2.05, 4.69) is 24.5 Å². The molecule has 23 heavy (non-hydrogen) atoms. The van der Waals surface area contributed by atoms with Crippen LogP contribution in [-0.4, -0.2) is 6.03 Å². The number of carbonyl (C=O) groups is 1. The third kappa shape index (κ3) is 4.31. The van der Waals surface area contributed by atoms with Crippen LogP contribution in [0.15, 0.2) is 42.5 Å². The first-order valence-electron chi connectivity index (χ1n) is 7.98. The van der Waals surface area contributed by atoms with Crippen LogP contribution in [0.5, 0.6) is 0 Å². The Hall–Kier alpha value is -2.36. The van der Waals surface area contributed by atoms with Crippen molar-refractivity contribution in [3.05, 3.63) is 65.0 Å². The van der Waals surface area contributed by atoms with Gasteiger partial charge in [-0.25, -0.2) is 9.18 Å². The Labute approximate surface area is 136 Å². The molecular formula is C19H23FN2O. The van der Waals surface area contributed by atoms with Gasteiger partial charge in [0.1, 0.15) is 5.82 Å². The predicted octanol–water partition coefficient (Wildman–Crippen LogP) is 4.83. The number of hydrogen-bond donors (Lipinski definition) is 2. The van der Waals surface area contributed by atoms with Crippen LogP contribution in [-0.2, 0) is 12.8 Å². The first kappa shape index (κ1) is 17.0. The van der Waals surface area contributed by atoms with Gasteiger partial charge < -0.3 is 10.6 Å². The summed E-state index contributed by atoms with van der Waals surface area (Å²) >= 11 is 0. The first-order valence-corrected chi connectivity index (χ1v) is 7.98. The topological polar surface area (TPSA) is 41.1 Å². The Morgan fingerprint density at radius 1 is 1.04 bits per heavy atom. The average Bonchev–Trinajstić information content (AvgIpc) is 2.55. The van der Waals surface area contributed by atoms with Gasteiger partial charge in [0.25, 0.3) is 0 Å². The van der Waals surface area contributed by atoms with Crippen molar-refractivity contribution in [2.45, 2.75) is 39.7 Å². The van der Waals surface area contributed by atoms with Gasteiger partial charge in [-0.05, 0) is 48.6 Å². The molecule has 0 aliphatic carbocycles. The number of benzene rings is 2. The molecule has 0 aromatic heterocycles. The van der Waals surface area contributed by atoms with Crippen LogP contribution in [0.3, 0.4) is 0 Å². The molecule has 2 rings (SSSR count). The normalized spacial score (nSPS) is 11.8. The van der Waals surface area contributed by atoms with Crippen molar-refractivity contribution >= 4 is 11.7 Å². The Bertz CT molecular complexity index is 645. The molecule has 0 heterocycles. The molecule has 0 aliphatic heterocycles. The third-order valence-corrected chi connectivity index (χ3v) is 3.95. The summed E-state index contributed by atoms with van der Waals surface area (Å²) in [5.41, 5.74) is 3.99. The highest BCUT2D eigenvalue weighted by Gasteiger charge is 2.13. The Kier molecular flexibility index (Phi) is 5.74. The SMILES string of the molecule is CCc1cccc(CC)c1NC(=O)NC(C)c1ccc(F)cc1. The molecule has 122 valence electrons. The smallest absolute Gasteiger partial charge is 0.319 e. The molecule has 0 bridgehead atoms. The van der Waals surface area contributed by atoms with Crippen LogP contribution in [0.25, 0.3) is 0 Å². The maximum Gasteiger partial charge on any atom is 0.319 e. The van der Waals surface area contributed by atoms with Gasteiger partial charge >= 0.3 is 6.03 Å². The van der Waals surface area contributed by atoms with E-state index in [0.717, 1.165) is 35.2 Å². The number of rotatable bonds is 5. The van der Waals surface area contributed by atoms with Gasteiger partial charge in [-0.3, -0.25) is 0 Å². The summed E-state index contributed by atoms with van der Waals surface area (Å²) in [6.45, 7) is 6.01. The minimum atomic E-state index is -0.283. The highest BCUT2D eigenvalue weighted by molar-refractivity contribution is 5.91. The molecule has 4 heteroatoms. The van der Waals surface area contributed by atoms with Gasteiger partial charge in [0.15, 0.2) is 0 Å². The molecule has 2 aromatic rings. The summed E-state index contributed by atoms with van der Waals surface area (Å²) < 4.78 is 13.0. The van der Waals surface area contributed by atoms with E-state index < -0.39 is 0 Å². The van der Waals surface area contributed by atoms with E-state index in [9.17, 15) is 9.18 Å². The second-order valence-electron chi connectivity index (χ2n) is 5.53. The van der Waals surface area contributed by atoms with Gasteiger partial charge in [0.2, 0.25) is 0 Å².